The van der Waals surface area contributed by atoms with Crippen LogP contribution < -0.4 is 4.90 Å². The van der Waals surface area contributed by atoms with Crippen molar-refractivity contribution in [3.8, 4) is 33.6 Å². The van der Waals surface area contributed by atoms with E-state index >= 15 is 0 Å². The summed E-state index contributed by atoms with van der Waals surface area (Å²) in [5.41, 5.74) is 13.4. The molecule has 0 atom stereocenters. The van der Waals surface area contributed by atoms with Gasteiger partial charge in [-0.2, -0.15) is 0 Å². The standard InChI is InChI=1S/C56H41N3/c1-55(2)46-30-43-41-26-16-14-24-39(41)38-23-13-15-25-40(38)42(43)29-44(46)45-31-49-53(32-47(45)55)59(52-28-37-22-12-11-21-36(37)27-48(52)56(49,3)4)54-57-50(34-17-7-5-8-18-34)33-51(58-54)35-19-9-6-10-20-35/h5-33H,1-4H3. The lowest BCUT2D eigenvalue weighted by Gasteiger charge is -2.42. The summed E-state index contributed by atoms with van der Waals surface area (Å²) in [5.74, 6) is 0.662. The largest absolute Gasteiger partial charge is 0.278 e. The Labute approximate surface area is 344 Å². The lowest BCUT2D eigenvalue weighted by atomic mass is 9.71. The van der Waals surface area contributed by atoms with Gasteiger partial charge in [-0.3, -0.25) is 4.90 Å². The topological polar surface area (TPSA) is 29.0 Å². The van der Waals surface area contributed by atoms with Gasteiger partial charge in [0, 0.05) is 22.0 Å². The van der Waals surface area contributed by atoms with E-state index in [2.05, 4.69) is 209 Å². The molecule has 2 aliphatic rings. The van der Waals surface area contributed by atoms with Gasteiger partial charge >= 0.3 is 0 Å². The van der Waals surface area contributed by atoms with E-state index in [-0.39, 0.29) is 10.8 Å². The van der Waals surface area contributed by atoms with Crippen molar-refractivity contribution in [3.05, 3.63) is 198 Å². The Morgan fingerprint density at radius 2 is 0.780 bits per heavy atom. The summed E-state index contributed by atoms with van der Waals surface area (Å²) in [6, 6.07) is 64.4. The molecule has 0 N–H and O–H groups in total. The van der Waals surface area contributed by atoms with Crippen LogP contribution in [0.4, 0.5) is 17.3 Å². The number of rotatable bonds is 3. The van der Waals surface area contributed by atoms with Gasteiger partial charge in [0.25, 0.3) is 0 Å². The van der Waals surface area contributed by atoms with Crippen LogP contribution in [0.5, 0.6) is 0 Å². The first-order chi connectivity index (χ1) is 28.8. The predicted molar refractivity (Wildman–Crippen MR) is 247 cm³/mol. The Hall–Kier alpha value is -7.10. The molecular formula is C56H41N3. The summed E-state index contributed by atoms with van der Waals surface area (Å²) in [4.78, 5) is 13.3. The minimum Gasteiger partial charge on any atom is -0.278 e. The van der Waals surface area contributed by atoms with Crippen LogP contribution in [0.25, 0.3) is 76.7 Å². The van der Waals surface area contributed by atoms with Crippen molar-refractivity contribution in [2.45, 2.75) is 38.5 Å². The van der Waals surface area contributed by atoms with E-state index in [4.69, 9.17) is 9.97 Å². The third kappa shape index (κ3) is 4.88. The number of fused-ring (bicyclic) bond motifs is 12. The zero-order valence-corrected chi connectivity index (χ0v) is 33.6. The Morgan fingerprint density at radius 3 is 1.37 bits per heavy atom. The SMILES string of the molecule is CC1(C)c2cc3c(cc2-c2cc4c5ccccc5c5ccccc5c4cc21)C(C)(C)c1cc2ccccc2cc1N3c1nc(-c2ccccc2)cc(-c2ccccc2)n1. The van der Waals surface area contributed by atoms with E-state index in [1.165, 1.54) is 76.5 Å². The number of aromatic nitrogens is 2. The molecule has 0 amide bonds. The number of nitrogens with zero attached hydrogens (tertiary/aromatic N) is 3. The second-order valence-electron chi connectivity index (χ2n) is 17.4. The molecule has 2 heterocycles. The average molecular weight is 756 g/mol. The lowest BCUT2D eigenvalue weighted by Crippen LogP contribution is -2.32. The molecule has 59 heavy (non-hydrogen) atoms. The Kier molecular flexibility index (Phi) is 7.03. The van der Waals surface area contributed by atoms with E-state index < -0.39 is 0 Å². The van der Waals surface area contributed by atoms with E-state index in [9.17, 15) is 0 Å². The summed E-state index contributed by atoms with van der Waals surface area (Å²) in [6.07, 6.45) is 0. The van der Waals surface area contributed by atoms with Gasteiger partial charge in [-0.25, -0.2) is 9.97 Å². The maximum Gasteiger partial charge on any atom is 0.235 e. The monoisotopic (exact) mass is 755 g/mol. The fraction of sp³-hybridized carbons (Fsp3) is 0.107. The maximum absolute atomic E-state index is 5.46. The van der Waals surface area contributed by atoms with Crippen molar-refractivity contribution in [1.82, 2.24) is 9.97 Å². The first kappa shape index (κ1) is 34.0. The maximum atomic E-state index is 5.46. The molecule has 3 heteroatoms. The van der Waals surface area contributed by atoms with Crippen molar-refractivity contribution in [1.29, 1.82) is 0 Å². The Balaban J connectivity index is 1.16. The number of hydrogen-bond donors (Lipinski definition) is 0. The fourth-order valence-corrected chi connectivity index (χ4v) is 10.3. The summed E-state index contributed by atoms with van der Waals surface area (Å²) >= 11 is 0. The Bertz CT molecular complexity index is 3320. The van der Waals surface area contributed by atoms with Gasteiger partial charge in [0.15, 0.2) is 0 Å². The van der Waals surface area contributed by atoms with Gasteiger partial charge in [-0.05, 0) is 119 Å². The second-order valence-corrected chi connectivity index (χ2v) is 17.4. The molecule has 12 rings (SSSR count). The second kappa shape index (κ2) is 12.2. The van der Waals surface area contributed by atoms with Crippen LogP contribution in [0.15, 0.2) is 176 Å². The van der Waals surface area contributed by atoms with Crippen LogP contribution >= 0.6 is 0 Å². The van der Waals surface area contributed by atoms with Crippen molar-refractivity contribution in [3.63, 3.8) is 0 Å². The lowest BCUT2D eigenvalue weighted by molar-refractivity contribution is 0.627. The highest BCUT2D eigenvalue weighted by molar-refractivity contribution is 6.26. The van der Waals surface area contributed by atoms with Gasteiger partial charge in [0.05, 0.1) is 22.8 Å². The van der Waals surface area contributed by atoms with Crippen molar-refractivity contribution in [2.75, 3.05) is 4.90 Å². The molecule has 0 bridgehead atoms. The highest BCUT2D eigenvalue weighted by atomic mass is 15.3. The first-order valence-corrected chi connectivity index (χ1v) is 20.7. The van der Waals surface area contributed by atoms with Crippen molar-refractivity contribution >= 4 is 60.4 Å². The number of anilines is 3. The molecule has 0 unspecified atom stereocenters. The van der Waals surface area contributed by atoms with Crippen LogP contribution in [0, 0.1) is 0 Å². The summed E-state index contributed by atoms with van der Waals surface area (Å²) in [7, 11) is 0. The minimum atomic E-state index is -0.327. The summed E-state index contributed by atoms with van der Waals surface area (Å²) < 4.78 is 0. The molecule has 0 spiro atoms. The van der Waals surface area contributed by atoms with E-state index in [0.29, 0.717) is 5.95 Å². The van der Waals surface area contributed by atoms with E-state index in [1.54, 1.807) is 0 Å². The molecule has 1 aliphatic carbocycles. The molecule has 10 aromatic rings. The Morgan fingerprint density at radius 1 is 0.356 bits per heavy atom. The minimum absolute atomic E-state index is 0.262. The molecule has 0 saturated carbocycles. The molecular weight excluding hydrogens is 715 g/mol. The van der Waals surface area contributed by atoms with Crippen molar-refractivity contribution < 1.29 is 0 Å². The van der Waals surface area contributed by atoms with Crippen LogP contribution in [-0.4, -0.2) is 9.97 Å². The van der Waals surface area contributed by atoms with Gasteiger partial charge in [-0.1, -0.05) is 161 Å². The highest BCUT2D eigenvalue weighted by Gasteiger charge is 2.43. The van der Waals surface area contributed by atoms with Crippen LogP contribution in [-0.2, 0) is 10.8 Å². The summed E-state index contributed by atoms with van der Waals surface area (Å²) in [6.45, 7) is 9.58. The third-order valence-electron chi connectivity index (χ3n) is 13.4. The normalized spacial score (nSPS) is 14.7. The molecule has 1 aliphatic heterocycles. The van der Waals surface area contributed by atoms with E-state index in [0.717, 1.165) is 33.9 Å². The van der Waals surface area contributed by atoms with Gasteiger partial charge in [0.1, 0.15) is 0 Å². The first-order valence-electron chi connectivity index (χ1n) is 20.7. The number of hydrogen-bond acceptors (Lipinski definition) is 3. The van der Waals surface area contributed by atoms with Crippen LogP contribution in [0.1, 0.15) is 49.9 Å². The van der Waals surface area contributed by atoms with Crippen molar-refractivity contribution in [2.24, 2.45) is 0 Å². The van der Waals surface area contributed by atoms with Crippen LogP contribution in [0.2, 0.25) is 0 Å². The molecule has 0 fully saturated rings. The molecule has 0 radical (unpaired) electrons. The quantitative estimate of drug-likeness (QED) is 0.168. The van der Waals surface area contributed by atoms with Gasteiger partial charge < -0.3 is 0 Å². The molecule has 0 saturated heterocycles. The smallest absolute Gasteiger partial charge is 0.235 e. The number of benzene rings is 9. The molecule has 280 valence electrons. The summed E-state index contributed by atoms with van der Waals surface area (Å²) in [5, 5.41) is 10.2. The molecule has 3 nitrogen and oxygen atoms in total. The highest BCUT2D eigenvalue weighted by Crippen LogP contribution is 2.58. The molecule has 1 aromatic heterocycles. The fourth-order valence-electron chi connectivity index (χ4n) is 10.3. The molecule has 9 aromatic carbocycles. The van der Waals surface area contributed by atoms with Crippen LogP contribution in [0.3, 0.4) is 0 Å². The third-order valence-corrected chi connectivity index (χ3v) is 13.4. The zero-order chi connectivity index (χ0) is 39.6. The average Bonchev–Trinajstić information content (AvgIpc) is 3.49. The zero-order valence-electron chi connectivity index (χ0n) is 33.6. The van der Waals surface area contributed by atoms with Gasteiger partial charge in [0.2, 0.25) is 5.95 Å². The van der Waals surface area contributed by atoms with Gasteiger partial charge in [-0.15, -0.1) is 0 Å². The predicted octanol–water partition coefficient (Wildman–Crippen LogP) is 14.8. The van der Waals surface area contributed by atoms with E-state index in [1.807, 2.05) is 0 Å².